The monoisotopic (exact) mass is 242 g/mol. The van der Waals surface area contributed by atoms with Crippen molar-refractivity contribution in [2.75, 3.05) is 25.4 Å². The van der Waals surface area contributed by atoms with Crippen LogP contribution in [0.5, 0.6) is 0 Å². The molecule has 0 spiro atoms. The number of thioether (sulfide) groups is 1. The number of rotatable bonds is 4. The summed E-state index contributed by atoms with van der Waals surface area (Å²) in [5.74, 6) is 1.36. The summed E-state index contributed by atoms with van der Waals surface area (Å²) < 4.78 is 0. The van der Waals surface area contributed by atoms with E-state index in [0.29, 0.717) is 0 Å². The van der Waals surface area contributed by atoms with Gasteiger partial charge in [0.05, 0.1) is 0 Å². The number of hydrogen-bond acceptors (Lipinski definition) is 3. The van der Waals surface area contributed by atoms with Crippen LogP contribution in [-0.4, -0.2) is 47.6 Å². The maximum atomic E-state index is 3.79. The zero-order chi connectivity index (χ0) is 11.4. The van der Waals surface area contributed by atoms with Gasteiger partial charge in [0.2, 0.25) is 0 Å². The van der Waals surface area contributed by atoms with Crippen LogP contribution < -0.4 is 5.32 Å². The molecule has 0 aromatic heterocycles. The molecular weight excluding hydrogens is 216 g/mol. The van der Waals surface area contributed by atoms with Gasteiger partial charge in [0.1, 0.15) is 0 Å². The lowest BCUT2D eigenvalue weighted by atomic mass is 10.1. The summed E-state index contributed by atoms with van der Waals surface area (Å²) in [6.07, 6.45) is 5.58. The molecule has 0 aliphatic carbocycles. The molecule has 16 heavy (non-hydrogen) atoms. The summed E-state index contributed by atoms with van der Waals surface area (Å²) in [7, 11) is 0. The zero-order valence-corrected chi connectivity index (χ0v) is 11.6. The molecule has 3 unspecified atom stereocenters. The lowest BCUT2D eigenvalue weighted by molar-refractivity contribution is 0.243. The topological polar surface area (TPSA) is 15.3 Å². The van der Waals surface area contributed by atoms with E-state index in [1.165, 1.54) is 51.1 Å². The Kier molecular flexibility index (Phi) is 4.98. The van der Waals surface area contributed by atoms with E-state index in [1.54, 1.807) is 0 Å². The highest BCUT2D eigenvalue weighted by atomic mass is 32.2. The molecule has 94 valence electrons. The predicted molar refractivity (Wildman–Crippen MR) is 73.2 cm³/mol. The smallest absolute Gasteiger partial charge is 0.0192 e. The molecule has 2 fully saturated rings. The van der Waals surface area contributed by atoms with Crippen molar-refractivity contribution in [3.05, 3.63) is 0 Å². The highest BCUT2D eigenvalue weighted by Crippen LogP contribution is 2.25. The van der Waals surface area contributed by atoms with Crippen molar-refractivity contribution < 1.29 is 0 Å². The fraction of sp³-hybridized carbons (Fsp3) is 1.00. The maximum absolute atomic E-state index is 3.79. The van der Waals surface area contributed by atoms with Gasteiger partial charge < -0.3 is 5.32 Å². The van der Waals surface area contributed by atoms with Gasteiger partial charge in [0.15, 0.2) is 0 Å². The van der Waals surface area contributed by atoms with Gasteiger partial charge in [-0.25, -0.2) is 0 Å². The number of nitrogens with zero attached hydrogens (tertiary/aromatic N) is 1. The van der Waals surface area contributed by atoms with E-state index in [9.17, 15) is 0 Å². The molecule has 0 amide bonds. The molecule has 0 bridgehead atoms. The van der Waals surface area contributed by atoms with Crippen molar-refractivity contribution in [2.24, 2.45) is 0 Å². The van der Waals surface area contributed by atoms with Gasteiger partial charge in [-0.2, -0.15) is 11.8 Å². The Labute approximate surface area is 105 Å². The Hall–Kier alpha value is 0.270. The van der Waals surface area contributed by atoms with Gasteiger partial charge in [-0.05, 0) is 51.4 Å². The van der Waals surface area contributed by atoms with Crippen LogP contribution >= 0.6 is 11.8 Å². The van der Waals surface area contributed by atoms with E-state index < -0.39 is 0 Å². The molecule has 0 aromatic rings. The summed E-state index contributed by atoms with van der Waals surface area (Å²) >= 11 is 2.13. The van der Waals surface area contributed by atoms with Crippen molar-refractivity contribution in [2.45, 2.75) is 56.9 Å². The second-order valence-corrected chi connectivity index (χ2v) is 6.81. The van der Waals surface area contributed by atoms with Crippen molar-refractivity contribution in [3.8, 4) is 0 Å². The van der Waals surface area contributed by atoms with Crippen molar-refractivity contribution in [1.29, 1.82) is 0 Å². The molecule has 0 saturated carbocycles. The minimum Gasteiger partial charge on any atom is -0.311 e. The molecule has 3 atom stereocenters. The first-order valence-electron chi connectivity index (χ1n) is 6.86. The fourth-order valence-corrected chi connectivity index (χ4v) is 3.99. The lowest BCUT2D eigenvalue weighted by Crippen LogP contribution is -2.46. The molecule has 2 nitrogen and oxygen atoms in total. The van der Waals surface area contributed by atoms with Gasteiger partial charge in [0.25, 0.3) is 0 Å². The standard InChI is InChI=1S/C13H26N2S/c1-11(15-7-3-4-8-15)10-14-13-6-5-9-16-12(13)2/h11-14H,3-10H2,1-2H3. The Morgan fingerprint density at radius 1 is 1.31 bits per heavy atom. The van der Waals surface area contributed by atoms with Gasteiger partial charge in [0, 0.05) is 23.9 Å². The summed E-state index contributed by atoms with van der Waals surface area (Å²) in [5, 5.41) is 4.59. The lowest BCUT2D eigenvalue weighted by Gasteiger charge is -2.32. The number of likely N-dealkylation sites (tertiary alicyclic amines) is 1. The summed E-state index contributed by atoms with van der Waals surface area (Å²) in [6, 6.07) is 1.48. The second kappa shape index (κ2) is 6.27. The zero-order valence-electron chi connectivity index (χ0n) is 10.7. The van der Waals surface area contributed by atoms with Crippen molar-refractivity contribution >= 4 is 11.8 Å². The van der Waals surface area contributed by atoms with Crippen LogP contribution in [-0.2, 0) is 0 Å². The summed E-state index contributed by atoms with van der Waals surface area (Å²) in [5.41, 5.74) is 0. The predicted octanol–water partition coefficient (Wildman–Crippen LogP) is 2.34. The molecule has 2 rings (SSSR count). The highest BCUT2D eigenvalue weighted by molar-refractivity contribution is 7.99. The average Bonchev–Trinajstić information content (AvgIpc) is 2.81. The van der Waals surface area contributed by atoms with Crippen LogP contribution in [0, 0.1) is 0 Å². The van der Waals surface area contributed by atoms with E-state index in [0.717, 1.165) is 17.3 Å². The molecule has 0 radical (unpaired) electrons. The third-order valence-electron chi connectivity index (χ3n) is 4.05. The summed E-state index contributed by atoms with van der Waals surface area (Å²) in [6.45, 7) is 8.56. The van der Waals surface area contributed by atoms with Gasteiger partial charge in [-0.15, -0.1) is 0 Å². The Morgan fingerprint density at radius 2 is 2.06 bits per heavy atom. The van der Waals surface area contributed by atoms with E-state index in [-0.39, 0.29) is 0 Å². The summed E-state index contributed by atoms with van der Waals surface area (Å²) in [4.78, 5) is 2.63. The van der Waals surface area contributed by atoms with Crippen LogP contribution in [0.2, 0.25) is 0 Å². The third kappa shape index (κ3) is 3.38. The van der Waals surface area contributed by atoms with E-state index in [1.807, 2.05) is 0 Å². The van der Waals surface area contributed by atoms with Gasteiger partial charge >= 0.3 is 0 Å². The fourth-order valence-electron chi connectivity index (χ4n) is 2.82. The molecular formula is C13H26N2S. The van der Waals surface area contributed by atoms with Gasteiger partial charge in [-0.1, -0.05) is 6.92 Å². The Bertz CT molecular complexity index is 204. The van der Waals surface area contributed by atoms with Crippen LogP contribution in [0.4, 0.5) is 0 Å². The van der Waals surface area contributed by atoms with E-state index in [2.05, 4.69) is 35.8 Å². The molecule has 2 heterocycles. The van der Waals surface area contributed by atoms with Crippen LogP contribution in [0.15, 0.2) is 0 Å². The molecule has 2 aliphatic rings. The molecule has 0 aromatic carbocycles. The van der Waals surface area contributed by atoms with Crippen LogP contribution in [0.1, 0.15) is 39.5 Å². The average molecular weight is 242 g/mol. The number of nitrogens with one attached hydrogen (secondary N) is 1. The molecule has 1 N–H and O–H groups in total. The normalized spacial score (nSPS) is 34.1. The second-order valence-electron chi connectivity index (χ2n) is 5.32. The highest BCUT2D eigenvalue weighted by Gasteiger charge is 2.23. The molecule has 2 saturated heterocycles. The first kappa shape index (κ1) is 12.7. The van der Waals surface area contributed by atoms with E-state index >= 15 is 0 Å². The van der Waals surface area contributed by atoms with Crippen molar-refractivity contribution in [3.63, 3.8) is 0 Å². The third-order valence-corrected chi connectivity index (χ3v) is 5.42. The van der Waals surface area contributed by atoms with E-state index in [4.69, 9.17) is 0 Å². The first-order valence-corrected chi connectivity index (χ1v) is 7.91. The number of hydrogen-bond donors (Lipinski definition) is 1. The minimum absolute atomic E-state index is 0.724. The Balaban J connectivity index is 1.69. The molecule has 2 aliphatic heterocycles. The maximum Gasteiger partial charge on any atom is 0.0192 e. The van der Waals surface area contributed by atoms with Crippen LogP contribution in [0.3, 0.4) is 0 Å². The molecule has 3 heteroatoms. The largest absolute Gasteiger partial charge is 0.311 e. The quantitative estimate of drug-likeness (QED) is 0.814. The SMILES string of the molecule is CC1SCCCC1NCC(C)N1CCCC1. The van der Waals surface area contributed by atoms with Gasteiger partial charge in [-0.3, -0.25) is 4.90 Å². The Morgan fingerprint density at radius 3 is 2.75 bits per heavy atom. The minimum atomic E-state index is 0.724. The van der Waals surface area contributed by atoms with Crippen LogP contribution in [0.25, 0.3) is 0 Å². The first-order chi connectivity index (χ1) is 7.77. The van der Waals surface area contributed by atoms with Crippen molar-refractivity contribution in [1.82, 2.24) is 10.2 Å².